The average Bonchev–Trinajstić information content (AvgIpc) is 3.20. The van der Waals surface area contributed by atoms with Crippen molar-refractivity contribution in [3.63, 3.8) is 0 Å². The molecule has 1 N–H and O–H groups in total. The topological polar surface area (TPSA) is 111 Å². The monoisotopic (exact) mass is 393 g/mol. The number of benzene rings is 1. The van der Waals surface area contributed by atoms with Crippen molar-refractivity contribution in [2.75, 3.05) is 30.3 Å². The highest BCUT2D eigenvalue weighted by Crippen LogP contribution is 2.29. The minimum Gasteiger partial charge on any atom is -0.465 e. The number of carbonyl (C=O) groups excluding carboxylic acids is 3. The van der Waals surface area contributed by atoms with Gasteiger partial charge in [0.2, 0.25) is 5.91 Å². The predicted octanol–water partition coefficient (Wildman–Crippen LogP) is 1.94. The van der Waals surface area contributed by atoms with Gasteiger partial charge >= 0.3 is 12.1 Å². The SMILES string of the molecule is CCOC(=O)CSc1nc2ccc(N3C[C@H](CNC(C)=O)OC3=O)cc2o1. The van der Waals surface area contributed by atoms with E-state index in [2.05, 4.69) is 10.3 Å². The first-order valence-electron chi connectivity index (χ1n) is 8.38. The number of nitrogens with zero attached hydrogens (tertiary/aromatic N) is 2. The number of hydrogen-bond donors (Lipinski definition) is 1. The molecule has 0 saturated carbocycles. The van der Waals surface area contributed by atoms with Crippen LogP contribution in [0.3, 0.4) is 0 Å². The van der Waals surface area contributed by atoms with Crippen LogP contribution in [-0.2, 0) is 19.1 Å². The number of fused-ring (bicyclic) bond motifs is 1. The number of amides is 2. The van der Waals surface area contributed by atoms with Crippen molar-refractivity contribution in [3.8, 4) is 0 Å². The van der Waals surface area contributed by atoms with Gasteiger partial charge in [-0.25, -0.2) is 9.78 Å². The second-order valence-corrected chi connectivity index (χ2v) is 6.71. The molecule has 0 aliphatic carbocycles. The molecule has 2 heterocycles. The standard InChI is InChI=1S/C17H19N3O6S/c1-3-24-15(22)9-27-16-19-13-5-4-11(6-14(13)26-16)20-8-12(25-17(20)23)7-18-10(2)21/h4-6,12H,3,7-9H2,1-2H3,(H,18,21)/t12-/m0/s1. The van der Waals surface area contributed by atoms with Gasteiger partial charge in [0.05, 0.1) is 25.4 Å². The fourth-order valence-corrected chi connectivity index (χ4v) is 3.18. The number of oxazole rings is 1. The lowest BCUT2D eigenvalue weighted by molar-refractivity contribution is -0.139. The maximum atomic E-state index is 12.1. The molecule has 10 heteroatoms. The Hall–Kier alpha value is -2.75. The zero-order valence-electron chi connectivity index (χ0n) is 14.9. The van der Waals surface area contributed by atoms with E-state index in [1.807, 2.05) is 0 Å². The summed E-state index contributed by atoms with van der Waals surface area (Å²) < 4.78 is 15.8. The van der Waals surface area contributed by atoms with Crippen LogP contribution in [0.2, 0.25) is 0 Å². The van der Waals surface area contributed by atoms with Gasteiger partial charge in [-0.1, -0.05) is 11.8 Å². The highest BCUT2D eigenvalue weighted by atomic mass is 32.2. The van der Waals surface area contributed by atoms with E-state index in [9.17, 15) is 14.4 Å². The molecule has 2 aromatic rings. The summed E-state index contributed by atoms with van der Waals surface area (Å²) in [5.74, 6) is -0.410. The van der Waals surface area contributed by atoms with Crippen molar-refractivity contribution >= 4 is 46.5 Å². The summed E-state index contributed by atoms with van der Waals surface area (Å²) in [6.45, 7) is 4.06. The molecular weight excluding hydrogens is 374 g/mol. The molecule has 1 fully saturated rings. The highest BCUT2D eigenvalue weighted by Gasteiger charge is 2.32. The summed E-state index contributed by atoms with van der Waals surface area (Å²) >= 11 is 1.14. The summed E-state index contributed by atoms with van der Waals surface area (Å²) in [6, 6.07) is 5.17. The van der Waals surface area contributed by atoms with Crippen molar-refractivity contribution in [1.82, 2.24) is 10.3 Å². The molecule has 0 bridgehead atoms. The van der Waals surface area contributed by atoms with E-state index < -0.39 is 12.2 Å². The predicted molar refractivity (Wildman–Crippen MR) is 97.7 cm³/mol. The molecule has 0 spiro atoms. The van der Waals surface area contributed by atoms with Crippen LogP contribution < -0.4 is 10.2 Å². The van der Waals surface area contributed by atoms with Gasteiger partial charge in [0, 0.05) is 13.0 Å². The molecule has 1 aliphatic heterocycles. The lowest BCUT2D eigenvalue weighted by Crippen LogP contribution is -2.33. The normalized spacial score (nSPS) is 16.4. The Balaban J connectivity index is 1.68. The van der Waals surface area contributed by atoms with Gasteiger partial charge in [0.15, 0.2) is 5.58 Å². The number of thioether (sulfide) groups is 1. The van der Waals surface area contributed by atoms with E-state index >= 15 is 0 Å². The summed E-state index contributed by atoms with van der Waals surface area (Å²) in [4.78, 5) is 40.3. The van der Waals surface area contributed by atoms with Crippen LogP contribution in [0.25, 0.3) is 11.1 Å². The first-order chi connectivity index (χ1) is 13.0. The molecule has 0 unspecified atom stereocenters. The summed E-state index contributed by atoms with van der Waals surface area (Å²) in [6.07, 6.45) is -0.899. The van der Waals surface area contributed by atoms with Crippen LogP contribution in [0.1, 0.15) is 13.8 Å². The fourth-order valence-electron chi connectivity index (χ4n) is 2.54. The van der Waals surface area contributed by atoms with Gasteiger partial charge in [-0.2, -0.15) is 0 Å². The highest BCUT2D eigenvalue weighted by molar-refractivity contribution is 7.99. The van der Waals surface area contributed by atoms with Gasteiger partial charge < -0.3 is 19.2 Å². The molecule has 27 heavy (non-hydrogen) atoms. The quantitative estimate of drug-likeness (QED) is 0.561. The number of esters is 1. The van der Waals surface area contributed by atoms with Gasteiger partial charge in [-0.15, -0.1) is 0 Å². The number of carbonyl (C=O) groups is 3. The number of aromatic nitrogens is 1. The Morgan fingerprint density at radius 1 is 1.44 bits per heavy atom. The van der Waals surface area contributed by atoms with Crippen molar-refractivity contribution < 1.29 is 28.3 Å². The van der Waals surface area contributed by atoms with Crippen LogP contribution in [0, 0.1) is 0 Å². The zero-order chi connectivity index (χ0) is 19.4. The number of cyclic esters (lactones) is 1. The number of nitrogens with one attached hydrogen (secondary N) is 1. The van der Waals surface area contributed by atoms with Gasteiger partial charge in [0.1, 0.15) is 17.4 Å². The van der Waals surface area contributed by atoms with Crippen molar-refractivity contribution in [1.29, 1.82) is 0 Å². The molecule has 144 valence electrons. The molecule has 0 radical (unpaired) electrons. The molecule has 9 nitrogen and oxygen atoms in total. The van der Waals surface area contributed by atoms with E-state index in [1.165, 1.54) is 11.8 Å². The Kier molecular flexibility index (Phi) is 5.84. The van der Waals surface area contributed by atoms with Crippen LogP contribution in [0.5, 0.6) is 0 Å². The molecule has 1 aromatic heterocycles. The number of ether oxygens (including phenoxy) is 2. The maximum Gasteiger partial charge on any atom is 0.414 e. The second kappa shape index (κ2) is 8.30. The largest absolute Gasteiger partial charge is 0.465 e. The minimum atomic E-state index is -0.485. The molecule has 2 amide bonds. The molecule has 1 aromatic carbocycles. The van der Waals surface area contributed by atoms with Crippen LogP contribution in [-0.4, -0.2) is 54.5 Å². The number of hydrogen-bond acceptors (Lipinski definition) is 8. The molecule has 1 aliphatic rings. The van der Waals surface area contributed by atoms with Crippen molar-refractivity contribution in [2.45, 2.75) is 25.2 Å². The third-order valence-corrected chi connectivity index (χ3v) is 4.54. The molecule has 3 rings (SSSR count). The fraction of sp³-hybridized carbons (Fsp3) is 0.412. The Bertz CT molecular complexity index is 867. The first kappa shape index (κ1) is 19.0. The van der Waals surface area contributed by atoms with E-state index in [1.54, 1.807) is 25.1 Å². The second-order valence-electron chi connectivity index (χ2n) is 5.78. The summed E-state index contributed by atoms with van der Waals surface area (Å²) in [5, 5.41) is 2.98. The third-order valence-electron chi connectivity index (χ3n) is 3.74. The summed E-state index contributed by atoms with van der Waals surface area (Å²) in [7, 11) is 0. The van der Waals surface area contributed by atoms with Crippen molar-refractivity contribution in [3.05, 3.63) is 18.2 Å². The smallest absolute Gasteiger partial charge is 0.414 e. The van der Waals surface area contributed by atoms with Crippen LogP contribution in [0.15, 0.2) is 27.8 Å². The molecule has 1 atom stereocenters. The van der Waals surface area contributed by atoms with Gasteiger partial charge in [0.25, 0.3) is 5.22 Å². The zero-order valence-corrected chi connectivity index (χ0v) is 15.7. The Labute approximate surface area is 159 Å². The number of rotatable bonds is 7. The van der Waals surface area contributed by atoms with E-state index in [0.29, 0.717) is 35.2 Å². The maximum absolute atomic E-state index is 12.1. The van der Waals surface area contributed by atoms with Crippen LogP contribution >= 0.6 is 11.8 Å². The van der Waals surface area contributed by atoms with Gasteiger partial charge in [-0.3, -0.25) is 14.5 Å². The Morgan fingerprint density at radius 3 is 3.00 bits per heavy atom. The molecule has 1 saturated heterocycles. The molecular formula is C17H19N3O6S. The van der Waals surface area contributed by atoms with Crippen molar-refractivity contribution in [2.24, 2.45) is 0 Å². The summed E-state index contributed by atoms with van der Waals surface area (Å²) in [5.41, 5.74) is 1.72. The number of anilines is 1. The Morgan fingerprint density at radius 2 is 2.26 bits per heavy atom. The minimum absolute atomic E-state index is 0.108. The first-order valence-corrected chi connectivity index (χ1v) is 9.36. The lowest BCUT2D eigenvalue weighted by atomic mass is 10.2. The van der Waals surface area contributed by atoms with E-state index in [-0.39, 0.29) is 24.2 Å². The van der Waals surface area contributed by atoms with Gasteiger partial charge in [-0.05, 0) is 19.1 Å². The third kappa shape index (κ3) is 4.70. The van der Waals surface area contributed by atoms with Crippen LogP contribution in [0.4, 0.5) is 10.5 Å². The lowest BCUT2D eigenvalue weighted by Gasteiger charge is -2.12. The van der Waals surface area contributed by atoms with E-state index in [0.717, 1.165) is 11.8 Å². The average molecular weight is 393 g/mol. The van der Waals surface area contributed by atoms with E-state index in [4.69, 9.17) is 13.9 Å².